The number of sulfonamides is 1. The molecule has 10 heteroatoms. The molecule has 2 saturated heterocycles. The summed E-state index contributed by atoms with van der Waals surface area (Å²) in [5.41, 5.74) is 1.26. The van der Waals surface area contributed by atoms with Crippen LogP contribution in [0.5, 0.6) is 5.75 Å². The van der Waals surface area contributed by atoms with Crippen molar-refractivity contribution in [1.82, 2.24) is 4.31 Å². The Balaban J connectivity index is 1.58. The van der Waals surface area contributed by atoms with Gasteiger partial charge in [-0.2, -0.15) is 4.31 Å². The molecule has 2 aliphatic rings. The van der Waals surface area contributed by atoms with E-state index in [1.165, 1.54) is 4.31 Å². The van der Waals surface area contributed by atoms with Crippen LogP contribution in [0.15, 0.2) is 47.4 Å². The second kappa shape index (κ2) is 10.3. The molecule has 0 spiro atoms. The Bertz CT molecular complexity index is 1100. The van der Waals surface area contributed by atoms with Crippen LogP contribution in [-0.4, -0.2) is 64.1 Å². The van der Waals surface area contributed by atoms with Gasteiger partial charge in [-0.25, -0.2) is 8.42 Å². The zero-order chi connectivity index (χ0) is 23.4. The van der Waals surface area contributed by atoms with Gasteiger partial charge in [-0.1, -0.05) is 17.7 Å². The first-order valence-corrected chi connectivity index (χ1v) is 12.9. The van der Waals surface area contributed by atoms with Crippen LogP contribution in [0.2, 0.25) is 5.02 Å². The van der Waals surface area contributed by atoms with Gasteiger partial charge in [-0.3, -0.25) is 4.79 Å². The number of hydrogen-bond donors (Lipinski definition) is 1. The largest absolute Gasteiger partial charge is 0.481 e. The van der Waals surface area contributed by atoms with Gasteiger partial charge in [0.15, 0.2) is 6.10 Å². The number of benzene rings is 2. The lowest BCUT2D eigenvalue weighted by atomic mass is 10.2. The summed E-state index contributed by atoms with van der Waals surface area (Å²) in [6.45, 7) is 4.70. The maximum absolute atomic E-state index is 13.2. The van der Waals surface area contributed by atoms with Crippen LogP contribution in [0.1, 0.15) is 19.8 Å². The normalized spacial score (nSPS) is 18.2. The highest BCUT2D eigenvalue weighted by atomic mass is 35.5. The van der Waals surface area contributed by atoms with Crippen molar-refractivity contribution in [2.75, 3.05) is 49.6 Å². The molecule has 2 aliphatic heterocycles. The first-order valence-electron chi connectivity index (χ1n) is 11.0. The zero-order valence-electron chi connectivity index (χ0n) is 18.5. The van der Waals surface area contributed by atoms with Crippen LogP contribution in [0.25, 0.3) is 0 Å². The van der Waals surface area contributed by atoms with Crippen molar-refractivity contribution in [2.24, 2.45) is 0 Å². The van der Waals surface area contributed by atoms with E-state index in [0.29, 0.717) is 42.8 Å². The van der Waals surface area contributed by atoms with Gasteiger partial charge in [0.2, 0.25) is 10.0 Å². The Hall–Kier alpha value is -2.33. The molecular formula is C23H28ClN3O5S. The summed E-state index contributed by atoms with van der Waals surface area (Å²) in [5, 5.41) is 3.40. The molecule has 0 aromatic heterocycles. The number of hydrogen-bond acceptors (Lipinski definition) is 6. The number of ether oxygens (including phenoxy) is 2. The van der Waals surface area contributed by atoms with E-state index in [4.69, 9.17) is 21.1 Å². The van der Waals surface area contributed by atoms with Crippen LogP contribution in [0.3, 0.4) is 0 Å². The number of nitrogens with one attached hydrogen (secondary N) is 1. The summed E-state index contributed by atoms with van der Waals surface area (Å²) >= 11 is 6.00. The monoisotopic (exact) mass is 493 g/mol. The minimum atomic E-state index is -3.70. The van der Waals surface area contributed by atoms with Crippen LogP contribution < -0.4 is 15.0 Å². The molecule has 0 aliphatic carbocycles. The maximum Gasteiger partial charge on any atom is 0.265 e. The average molecular weight is 494 g/mol. The van der Waals surface area contributed by atoms with Crippen molar-refractivity contribution in [1.29, 1.82) is 0 Å². The molecule has 2 aromatic carbocycles. The third kappa shape index (κ3) is 5.60. The lowest BCUT2D eigenvalue weighted by Crippen LogP contribution is -2.40. The summed E-state index contributed by atoms with van der Waals surface area (Å²) in [7, 11) is -3.70. The number of morpholine rings is 1. The highest BCUT2D eigenvalue weighted by Gasteiger charge is 2.28. The van der Waals surface area contributed by atoms with E-state index in [9.17, 15) is 13.2 Å². The molecule has 0 saturated carbocycles. The fraction of sp³-hybridized carbons (Fsp3) is 0.435. The number of halogens is 1. The third-order valence-corrected chi connectivity index (χ3v) is 7.89. The van der Waals surface area contributed by atoms with E-state index in [1.54, 1.807) is 49.4 Å². The minimum absolute atomic E-state index is 0.144. The Labute approximate surface area is 199 Å². The minimum Gasteiger partial charge on any atom is -0.481 e. The van der Waals surface area contributed by atoms with Crippen LogP contribution in [0.4, 0.5) is 11.4 Å². The summed E-state index contributed by atoms with van der Waals surface area (Å²) < 4.78 is 38.8. The molecule has 1 atom stereocenters. The maximum atomic E-state index is 13.2. The highest BCUT2D eigenvalue weighted by Crippen LogP contribution is 2.33. The van der Waals surface area contributed by atoms with Crippen LogP contribution in [-0.2, 0) is 19.6 Å². The van der Waals surface area contributed by atoms with Crippen molar-refractivity contribution >= 4 is 38.9 Å². The quantitative estimate of drug-likeness (QED) is 0.636. The smallest absolute Gasteiger partial charge is 0.265 e. The van der Waals surface area contributed by atoms with Gasteiger partial charge < -0.3 is 19.7 Å². The fourth-order valence-corrected chi connectivity index (χ4v) is 5.59. The van der Waals surface area contributed by atoms with Gasteiger partial charge in [0, 0.05) is 31.2 Å². The third-order valence-electron chi connectivity index (χ3n) is 5.76. The summed E-state index contributed by atoms with van der Waals surface area (Å²) in [6.07, 6.45) is 1.29. The molecule has 2 fully saturated rings. The molecule has 0 unspecified atom stereocenters. The molecule has 33 heavy (non-hydrogen) atoms. The molecule has 2 aromatic rings. The summed E-state index contributed by atoms with van der Waals surface area (Å²) in [6, 6.07) is 11.8. The number of nitrogens with zero attached hydrogens (tertiary/aromatic N) is 2. The second-order valence-electron chi connectivity index (χ2n) is 8.10. The SMILES string of the molecule is C[C@H](Oc1cccc(Cl)c1)C(=O)Nc1cc(S(=O)(=O)N2CCOCC2)ccc1N1CCCC1. The van der Waals surface area contributed by atoms with E-state index in [1.807, 2.05) is 0 Å². The Morgan fingerprint density at radius 1 is 1.09 bits per heavy atom. The van der Waals surface area contributed by atoms with E-state index >= 15 is 0 Å². The molecule has 0 radical (unpaired) electrons. The standard InChI is InChI=1S/C23H28ClN3O5S/c1-17(32-19-6-4-5-18(24)15-19)23(28)25-21-16-20(7-8-22(21)26-9-2-3-10-26)33(29,30)27-11-13-31-14-12-27/h4-8,15-17H,2-3,9-14H2,1H3,(H,25,28)/t17-/m0/s1. The first-order chi connectivity index (χ1) is 15.8. The predicted octanol–water partition coefficient (Wildman–Crippen LogP) is 3.37. The van der Waals surface area contributed by atoms with Crippen molar-refractivity contribution in [2.45, 2.75) is 30.8 Å². The number of carbonyl (C=O) groups is 1. The van der Waals surface area contributed by atoms with Gasteiger partial charge in [0.1, 0.15) is 5.75 Å². The number of anilines is 2. The summed E-state index contributed by atoms with van der Waals surface area (Å²) in [5.74, 6) is 0.102. The molecule has 1 amide bonds. The average Bonchev–Trinajstić information content (AvgIpc) is 3.34. The van der Waals surface area contributed by atoms with E-state index in [-0.39, 0.29) is 10.8 Å². The van der Waals surface area contributed by atoms with Crippen LogP contribution >= 0.6 is 11.6 Å². The molecular weight excluding hydrogens is 466 g/mol. The van der Waals surface area contributed by atoms with Crippen molar-refractivity contribution < 1.29 is 22.7 Å². The van der Waals surface area contributed by atoms with Crippen molar-refractivity contribution in [3.05, 3.63) is 47.5 Å². The lowest BCUT2D eigenvalue weighted by molar-refractivity contribution is -0.122. The molecule has 4 rings (SSSR count). The Morgan fingerprint density at radius 3 is 2.52 bits per heavy atom. The molecule has 2 heterocycles. The van der Waals surface area contributed by atoms with Crippen molar-refractivity contribution in [3.63, 3.8) is 0 Å². The van der Waals surface area contributed by atoms with Gasteiger partial charge in [-0.05, 0) is 56.2 Å². The van der Waals surface area contributed by atoms with E-state index in [2.05, 4.69) is 10.2 Å². The number of carbonyl (C=O) groups excluding carboxylic acids is 1. The van der Waals surface area contributed by atoms with Crippen LogP contribution in [0, 0.1) is 0 Å². The summed E-state index contributed by atoms with van der Waals surface area (Å²) in [4.78, 5) is 15.3. The molecule has 178 valence electrons. The Morgan fingerprint density at radius 2 is 1.82 bits per heavy atom. The lowest BCUT2D eigenvalue weighted by Gasteiger charge is -2.27. The van der Waals surface area contributed by atoms with Gasteiger partial charge >= 0.3 is 0 Å². The van der Waals surface area contributed by atoms with Gasteiger partial charge in [0.05, 0.1) is 29.5 Å². The molecule has 1 N–H and O–H groups in total. The topological polar surface area (TPSA) is 88.2 Å². The predicted molar refractivity (Wildman–Crippen MR) is 128 cm³/mol. The fourth-order valence-electron chi connectivity index (χ4n) is 3.98. The highest BCUT2D eigenvalue weighted by molar-refractivity contribution is 7.89. The number of rotatable bonds is 7. The van der Waals surface area contributed by atoms with E-state index < -0.39 is 16.1 Å². The van der Waals surface area contributed by atoms with Gasteiger partial charge in [-0.15, -0.1) is 0 Å². The number of amides is 1. The van der Waals surface area contributed by atoms with Gasteiger partial charge in [0.25, 0.3) is 5.91 Å². The molecule has 8 nitrogen and oxygen atoms in total. The molecule has 0 bridgehead atoms. The zero-order valence-corrected chi connectivity index (χ0v) is 20.1. The second-order valence-corrected chi connectivity index (χ2v) is 10.5. The van der Waals surface area contributed by atoms with Crippen molar-refractivity contribution in [3.8, 4) is 5.75 Å². The first kappa shape index (κ1) is 23.8. The van der Waals surface area contributed by atoms with E-state index in [0.717, 1.165) is 31.6 Å². The Kier molecular flexibility index (Phi) is 7.43.